The minimum atomic E-state index is -5.08. The maximum atomic E-state index is 13.3. The molecule has 0 spiro atoms. The van der Waals surface area contributed by atoms with Gasteiger partial charge in [0.25, 0.3) is 0 Å². The lowest BCUT2D eigenvalue weighted by Crippen LogP contribution is -2.31. The monoisotopic (exact) mass is 692 g/mol. The van der Waals surface area contributed by atoms with Gasteiger partial charge in [0.15, 0.2) is 0 Å². The zero-order valence-electron chi connectivity index (χ0n) is 22.0. The summed E-state index contributed by atoms with van der Waals surface area (Å²) in [6.45, 7) is 0. The molecule has 1 saturated heterocycles. The van der Waals surface area contributed by atoms with E-state index in [0.29, 0.717) is 22.5 Å². The summed E-state index contributed by atoms with van der Waals surface area (Å²) in [5.41, 5.74) is 2.58. The van der Waals surface area contributed by atoms with Crippen molar-refractivity contribution in [2.24, 2.45) is 0 Å². The smallest absolute Gasteiger partial charge is 0.475 e. The molecule has 1 unspecified atom stereocenters. The molecule has 1 aliphatic heterocycles. The Bertz CT molecular complexity index is 1900. The summed E-state index contributed by atoms with van der Waals surface area (Å²) >= 11 is 12.2. The quantitative estimate of drug-likeness (QED) is 0.216. The maximum Gasteiger partial charge on any atom is 0.490 e. The fourth-order valence-electron chi connectivity index (χ4n) is 4.22. The molecule has 1 aliphatic rings. The number of alkyl halides is 3. The summed E-state index contributed by atoms with van der Waals surface area (Å²) in [6.07, 6.45) is -5.05. The van der Waals surface area contributed by atoms with E-state index < -0.39 is 49.4 Å². The first-order chi connectivity index (χ1) is 20.5. The second kappa shape index (κ2) is 12.7. The second-order valence-corrected chi connectivity index (χ2v) is 13.8. The number of carboxylic acids is 1. The van der Waals surface area contributed by atoms with E-state index >= 15 is 0 Å². The molecule has 0 bridgehead atoms. The third kappa shape index (κ3) is 7.87. The van der Waals surface area contributed by atoms with Crippen molar-refractivity contribution >= 4 is 66.2 Å². The SMILES string of the molecule is O=C(O)C(F)(F)F.O=C1CC(c2ccc(C[C@H](NS(=O)(=O)c3cc(Cl)ccc3Cl)c3nc4ccccc4[nH]3)cc2)S(=O)(=O)N1. The van der Waals surface area contributed by atoms with Gasteiger partial charge in [-0.25, -0.2) is 31.3 Å². The van der Waals surface area contributed by atoms with Crippen LogP contribution in [0.1, 0.15) is 34.7 Å². The molecule has 2 heterocycles. The Morgan fingerprint density at radius 3 is 2.30 bits per heavy atom. The van der Waals surface area contributed by atoms with Gasteiger partial charge in [0.2, 0.25) is 26.0 Å². The molecule has 234 valence electrons. The number of H-pyrrole nitrogens is 1. The van der Waals surface area contributed by atoms with Gasteiger partial charge in [-0.15, -0.1) is 0 Å². The summed E-state index contributed by atoms with van der Waals surface area (Å²) in [7, 11) is -7.89. The Morgan fingerprint density at radius 2 is 1.73 bits per heavy atom. The lowest BCUT2D eigenvalue weighted by molar-refractivity contribution is -0.192. The third-order valence-corrected chi connectivity index (χ3v) is 10.1. The highest BCUT2D eigenvalue weighted by Gasteiger charge is 2.39. The van der Waals surface area contributed by atoms with Crippen LogP contribution in [0.15, 0.2) is 71.6 Å². The van der Waals surface area contributed by atoms with E-state index in [2.05, 4.69) is 14.7 Å². The van der Waals surface area contributed by atoms with Gasteiger partial charge in [0.1, 0.15) is 16.0 Å². The number of carboxylic acid groups (broad SMARTS) is 1. The zero-order valence-corrected chi connectivity index (χ0v) is 25.1. The number of sulfonamides is 2. The number of rotatable bonds is 7. The summed E-state index contributed by atoms with van der Waals surface area (Å²) in [4.78, 5) is 28.1. The summed E-state index contributed by atoms with van der Waals surface area (Å²) < 4.78 is 87.5. The van der Waals surface area contributed by atoms with Crippen LogP contribution in [0, 0.1) is 0 Å². The van der Waals surface area contributed by atoms with Crippen LogP contribution in [-0.4, -0.2) is 50.0 Å². The highest BCUT2D eigenvalue weighted by atomic mass is 35.5. The van der Waals surface area contributed by atoms with E-state index in [1.807, 2.05) is 22.9 Å². The molecule has 1 fully saturated rings. The Morgan fingerprint density at radius 1 is 1.09 bits per heavy atom. The molecule has 1 aromatic heterocycles. The minimum absolute atomic E-state index is 0.0190. The van der Waals surface area contributed by atoms with Crippen molar-refractivity contribution in [3.05, 3.63) is 93.7 Å². The van der Waals surface area contributed by atoms with Gasteiger partial charge in [-0.1, -0.05) is 59.6 Å². The highest BCUT2D eigenvalue weighted by molar-refractivity contribution is 7.90. The van der Waals surface area contributed by atoms with Crippen molar-refractivity contribution in [2.75, 3.05) is 0 Å². The van der Waals surface area contributed by atoms with E-state index in [9.17, 15) is 34.8 Å². The molecular weight excluding hydrogens is 672 g/mol. The Labute approximate surface area is 258 Å². The van der Waals surface area contributed by atoms with E-state index in [1.165, 1.54) is 18.2 Å². The topological polar surface area (TPSA) is 175 Å². The molecule has 11 nitrogen and oxygen atoms in total. The number of nitrogens with zero attached hydrogens (tertiary/aromatic N) is 1. The van der Waals surface area contributed by atoms with Gasteiger partial charge >= 0.3 is 12.1 Å². The number of nitrogens with one attached hydrogen (secondary N) is 3. The van der Waals surface area contributed by atoms with E-state index in [4.69, 9.17) is 33.1 Å². The van der Waals surface area contributed by atoms with Crippen LogP contribution in [0.3, 0.4) is 0 Å². The zero-order chi connectivity index (χ0) is 32.4. The van der Waals surface area contributed by atoms with E-state index in [1.54, 1.807) is 30.3 Å². The Hall–Kier alpha value is -3.70. The number of carbonyl (C=O) groups is 2. The number of aromatic nitrogens is 2. The highest BCUT2D eigenvalue weighted by Crippen LogP contribution is 2.31. The first-order valence-electron chi connectivity index (χ1n) is 12.3. The van der Waals surface area contributed by atoms with Crippen LogP contribution in [0.5, 0.6) is 0 Å². The Kier molecular flexibility index (Phi) is 9.60. The van der Waals surface area contributed by atoms with Crippen LogP contribution < -0.4 is 9.44 Å². The van der Waals surface area contributed by atoms with Crippen LogP contribution in [0.2, 0.25) is 10.0 Å². The van der Waals surface area contributed by atoms with Crippen molar-refractivity contribution in [2.45, 2.75) is 35.2 Å². The second-order valence-electron chi connectivity index (χ2n) is 9.40. The number of amides is 1. The van der Waals surface area contributed by atoms with Crippen molar-refractivity contribution in [1.82, 2.24) is 19.4 Å². The average molecular weight is 694 g/mol. The van der Waals surface area contributed by atoms with Crippen molar-refractivity contribution in [3.63, 3.8) is 0 Å². The normalized spacial score (nSPS) is 17.0. The molecule has 0 aliphatic carbocycles. The van der Waals surface area contributed by atoms with Gasteiger partial charge in [-0.3, -0.25) is 9.52 Å². The Balaban J connectivity index is 0.000000566. The van der Waals surface area contributed by atoms with Gasteiger partial charge in [-0.05, 0) is 47.9 Å². The molecule has 4 N–H and O–H groups in total. The molecule has 5 rings (SSSR count). The fourth-order valence-corrected chi connectivity index (χ4v) is 7.61. The molecular formula is C26H21Cl2F3N4O7S2. The van der Waals surface area contributed by atoms with Gasteiger partial charge in [-0.2, -0.15) is 13.2 Å². The van der Waals surface area contributed by atoms with Gasteiger partial charge in [0.05, 0.1) is 28.5 Å². The molecule has 2 atom stereocenters. The number of para-hydroxylation sites is 2. The molecule has 4 aromatic rings. The maximum absolute atomic E-state index is 13.3. The number of imidazole rings is 1. The van der Waals surface area contributed by atoms with Gasteiger partial charge in [0, 0.05) is 5.02 Å². The van der Waals surface area contributed by atoms with E-state index in [-0.39, 0.29) is 27.8 Å². The predicted octanol–water partition coefficient (Wildman–Crippen LogP) is 4.66. The van der Waals surface area contributed by atoms with Crippen LogP contribution in [0.25, 0.3) is 11.0 Å². The summed E-state index contributed by atoms with van der Waals surface area (Å²) in [5.74, 6) is -2.92. The lowest BCUT2D eigenvalue weighted by Gasteiger charge is -2.18. The molecule has 44 heavy (non-hydrogen) atoms. The molecule has 0 saturated carbocycles. The summed E-state index contributed by atoms with van der Waals surface area (Å²) in [5, 5.41) is 6.39. The van der Waals surface area contributed by atoms with Crippen LogP contribution >= 0.6 is 23.2 Å². The predicted molar refractivity (Wildman–Crippen MR) is 154 cm³/mol. The van der Waals surface area contributed by atoms with E-state index in [0.717, 1.165) is 5.52 Å². The van der Waals surface area contributed by atoms with Gasteiger partial charge < -0.3 is 10.1 Å². The fraction of sp³-hybridized carbons (Fsp3) is 0.192. The standard InChI is InChI=1S/C24H20Cl2N4O5S2.C2HF3O2/c25-16-9-10-17(26)22(12-16)37(34,35)29-20(24-27-18-3-1-2-4-19(18)28-24)11-14-5-7-15(8-6-14)21-13-23(31)30-36(21,32)33;3-2(4,5)1(6)7/h1-10,12,20-21,29H,11,13H2,(H,27,28)(H,30,31);(H,6,7)/t20-,21?;/m0./s1. The van der Waals surface area contributed by atoms with Crippen molar-refractivity contribution in [3.8, 4) is 0 Å². The summed E-state index contributed by atoms with van der Waals surface area (Å²) in [6, 6.07) is 17.3. The number of carbonyl (C=O) groups excluding carboxylic acids is 1. The van der Waals surface area contributed by atoms with Crippen molar-refractivity contribution in [1.29, 1.82) is 0 Å². The molecule has 0 radical (unpaired) electrons. The molecule has 18 heteroatoms. The average Bonchev–Trinajstić information content (AvgIpc) is 3.49. The largest absolute Gasteiger partial charge is 0.490 e. The molecule has 3 aromatic carbocycles. The first-order valence-corrected chi connectivity index (χ1v) is 16.1. The number of benzene rings is 3. The number of hydrogen-bond acceptors (Lipinski definition) is 7. The molecule has 1 amide bonds. The van der Waals surface area contributed by atoms with Crippen LogP contribution in [-0.2, 0) is 36.1 Å². The number of halogens is 5. The minimum Gasteiger partial charge on any atom is -0.475 e. The number of fused-ring (bicyclic) bond motifs is 1. The van der Waals surface area contributed by atoms with Crippen LogP contribution in [0.4, 0.5) is 13.2 Å². The van der Waals surface area contributed by atoms with Crippen molar-refractivity contribution < 1.29 is 44.7 Å². The third-order valence-electron chi connectivity index (χ3n) is 6.25. The number of aromatic amines is 1. The number of hydrogen-bond donors (Lipinski definition) is 4. The lowest BCUT2D eigenvalue weighted by atomic mass is 10.0. The first kappa shape index (κ1) is 33.2. The number of aliphatic carboxylic acids is 1.